The predicted molar refractivity (Wildman–Crippen MR) is 69.9 cm³/mol. The predicted octanol–water partition coefficient (Wildman–Crippen LogP) is 2.05. The fraction of sp³-hybridized carbons (Fsp3) is 0.462. The molecule has 1 fully saturated rings. The first-order valence-electron chi connectivity index (χ1n) is 5.86. The van der Waals surface area contributed by atoms with Crippen molar-refractivity contribution in [3.63, 3.8) is 0 Å². The van der Waals surface area contributed by atoms with Gasteiger partial charge < -0.3 is 10.0 Å². The molecule has 1 aromatic rings. The van der Waals surface area contributed by atoms with E-state index in [2.05, 4.69) is 0 Å². The van der Waals surface area contributed by atoms with Gasteiger partial charge in [-0.25, -0.2) is 0 Å². The van der Waals surface area contributed by atoms with Crippen LogP contribution in [0, 0.1) is 6.92 Å². The molecule has 2 rings (SSSR count). The highest BCUT2D eigenvalue weighted by molar-refractivity contribution is 7.11. The van der Waals surface area contributed by atoms with Crippen LogP contribution in [0.2, 0.25) is 0 Å². The van der Waals surface area contributed by atoms with Crippen LogP contribution in [0.3, 0.4) is 0 Å². The fourth-order valence-corrected chi connectivity index (χ4v) is 2.78. The van der Waals surface area contributed by atoms with E-state index in [4.69, 9.17) is 0 Å². The minimum absolute atomic E-state index is 0.00319. The summed E-state index contributed by atoms with van der Waals surface area (Å²) in [5, 5.41) is 11.5. The van der Waals surface area contributed by atoms with Gasteiger partial charge in [0.05, 0.1) is 6.10 Å². The molecule has 0 unspecified atom stereocenters. The van der Waals surface area contributed by atoms with Crippen molar-refractivity contribution < 1.29 is 9.90 Å². The minimum Gasteiger partial charge on any atom is -0.391 e. The second kappa shape index (κ2) is 5.47. The number of carbonyl (C=O) groups excluding carboxylic acids is 1. The first-order valence-corrected chi connectivity index (χ1v) is 6.74. The molecule has 92 valence electrons. The zero-order valence-corrected chi connectivity index (χ0v) is 10.7. The molecule has 0 aromatic carbocycles. The van der Waals surface area contributed by atoms with Gasteiger partial charge >= 0.3 is 0 Å². The Morgan fingerprint density at radius 1 is 1.65 bits per heavy atom. The smallest absolute Gasteiger partial charge is 0.246 e. The average Bonchev–Trinajstić information content (AvgIpc) is 2.72. The van der Waals surface area contributed by atoms with Crippen molar-refractivity contribution in [2.75, 3.05) is 13.1 Å². The molecule has 1 atom stereocenters. The molecule has 1 amide bonds. The molecule has 4 heteroatoms. The minimum atomic E-state index is -0.357. The lowest BCUT2D eigenvalue weighted by Crippen LogP contribution is -2.41. The number of thiophene rings is 1. The number of hydrogen-bond acceptors (Lipinski definition) is 3. The Morgan fingerprint density at radius 2 is 2.47 bits per heavy atom. The Bertz CT molecular complexity index is 425. The summed E-state index contributed by atoms with van der Waals surface area (Å²) >= 11 is 1.63. The van der Waals surface area contributed by atoms with E-state index in [0.717, 1.165) is 24.3 Å². The number of β-amino-alcohol motifs (C(OH)–C–C–N with tert-alkyl or cyclic N) is 1. The molecule has 0 radical (unpaired) electrons. The summed E-state index contributed by atoms with van der Waals surface area (Å²) in [5.41, 5.74) is 1.19. The molecule has 1 saturated heterocycles. The second-order valence-corrected chi connectivity index (χ2v) is 5.33. The van der Waals surface area contributed by atoms with Crippen LogP contribution in [0.5, 0.6) is 0 Å². The van der Waals surface area contributed by atoms with Crippen LogP contribution in [-0.2, 0) is 4.79 Å². The molecular formula is C13H17NO2S. The summed E-state index contributed by atoms with van der Waals surface area (Å²) < 4.78 is 0. The third-order valence-electron chi connectivity index (χ3n) is 2.99. The van der Waals surface area contributed by atoms with Crippen LogP contribution in [-0.4, -0.2) is 35.1 Å². The first kappa shape index (κ1) is 12.3. The Morgan fingerprint density at radius 3 is 3.12 bits per heavy atom. The Kier molecular flexibility index (Phi) is 3.97. The number of piperidine rings is 1. The van der Waals surface area contributed by atoms with E-state index in [-0.39, 0.29) is 12.0 Å². The van der Waals surface area contributed by atoms with Gasteiger partial charge in [-0.05, 0) is 42.9 Å². The molecule has 3 nitrogen and oxygen atoms in total. The van der Waals surface area contributed by atoms with E-state index < -0.39 is 0 Å². The lowest BCUT2D eigenvalue weighted by atomic mass is 10.1. The van der Waals surface area contributed by atoms with E-state index in [0.29, 0.717) is 6.54 Å². The summed E-state index contributed by atoms with van der Waals surface area (Å²) in [4.78, 5) is 14.7. The molecule has 1 aliphatic rings. The maximum absolute atomic E-state index is 11.9. The zero-order chi connectivity index (χ0) is 12.3. The summed E-state index contributed by atoms with van der Waals surface area (Å²) in [5.74, 6) is -0.00319. The number of hydrogen-bond donors (Lipinski definition) is 1. The SMILES string of the molecule is Cc1ccsc1/C=C/C(=O)N1CCC[C@H](O)C1. The van der Waals surface area contributed by atoms with Crippen molar-refractivity contribution in [1.29, 1.82) is 0 Å². The number of likely N-dealkylation sites (tertiary alicyclic amines) is 1. The maximum Gasteiger partial charge on any atom is 0.246 e. The van der Waals surface area contributed by atoms with Gasteiger partial charge in [0.1, 0.15) is 0 Å². The highest BCUT2D eigenvalue weighted by atomic mass is 32.1. The summed E-state index contributed by atoms with van der Waals surface area (Å²) in [6.07, 6.45) is 4.81. The second-order valence-electron chi connectivity index (χ2n) is 4.38. The monoisotopic (exact) mass is 251 g/mol. The number of aryl methyl sites for hydroxylation is 1. The molecule has 0 saturated carbocycles. The van der Waals surface area contributed by atoms with Crippen molar-refractivity contribution in [1.82, 2.24) is 4.90 Å². The topological polar surface area (TPSA) is 40.5 Å². The van der Waals surface area contributed by atoms with Gasteiger partial charge in [-0.2, -0.15) is 0 Å². The van der Waals surface area contributed by atoms with E-state index >= 15 is 0 Å². The van der Waals surface area contributed by atoms with E-state index in [1.807, 2.05) is 24.4 Å². The summed E-state index contributed by atoms with van der Waals surface area (Å²) in [6, 6.07) is 2.04. The number of carbonyl (C=O) groups is 1. The van der Waals surface area contributed by atoms with Gasteiger partial charge in [0.2, 0.25) is 5.91 Å². The molecular weight excluding hydrogens is 234 g/mol. The van der Waals surface area contributed by atoms with Crippen LogP contribution < -0.4 is 0 Å². The van der Waals surface area contributed by atoms with Gasteiger partial charge in [0, 0.05) is 24.0 Å². The van der Waals surface area contributed by atoms with Gasteiger partial charge in [-0.1, -0.05) is 0 Å². The van der Waals surface area contributed by atoms with Gasteiger partial charge in [0.25, 0.3) is 0 Å². The summed E-state index contributed by atoms with van der Waals surface area (Å²) in [6.45, 7) is 3.25. The number of rotatable bonds is 2. The average molecular weight is 251 g/mol. The molecule has 0 aliphatic carbocycles. The Balaban J connectivity index is 1.97. The van der Waals surface area contributed by atoms with E-state index in [1.54, 1.807) is 22.3 Å². The fourth-order valence-electron chi connectivity index (χ4n) is 1.96. The standard InChI is InChI=1S/C13H17NO2S/c1-10-6-8-17-12(10)4-5-13(16)14-7-2-3-11(15)9-14/h4-6,8,11,15H,2-3,7,9H2,1H3/b5-4+/t11-/m0/s1. The third kappa shape index (κ3) is 3.17. The molecule has 2 heterocycles. The number of nitrogens with zero attached hydrogens (tertiary/aromatic N) is 1. The first-order chi connectivity index (χ1) is 8.16. The Labute approximate surface area is 105 Å². The van der Waals surface area contributed by atoms with Crippen LogP contribution in [0.25, 0.3) is 6.08 Å². The number of aliphatic hydroxyl groups is 1. The van der Waals surface area contributed by atoms with Gasteiger partial charge in [-0.3, -0.25) is 4.79 Å². The van der Waals surface area contributed by atoms with Gasteiger partial charge in [0.15, 0.2) is 0 Å². The Hall–Kier alpha value is -1.13. The molecule has 1 aromatic heterocycles. The largest absolute Gasteiger partial charge is 0.391 e. The normalized spacial score (nSPS) is 21.1. The quantitative estimate of drug-likeness (QED) is 0.817. The van der Waals surface area contributed by atoms with Gasteiger partial charge in [-0.15, -0.1) is 11.3 Å². The van der Waals surface area contributed by atoms with Crippen molar-refractivity contribution >= 4 is 23.3 Å². The number of aliphatic hydroxyl groups excluding tert-OH is 1. The maximum atomic E-state index is 11.9. The van der Waals surface area contributed by atoms with Crippen molar-refractivity contribution in [3.05, 3.63) is 28.0 Å². The molecule has 1 aliphatic heterocycles. The van der Waals surface area contributed by atoms with Crippen molar-refractivity contribution in [2.45, 2.75) is 25.9 Å². The highest BCUT2D eigenvalue weighted by Gasteiger charge is 2.20. The summed E-state index contributed by atoms with van der Waals surface area (Å²) in [7, 11) is 0. The molecule has 17 heavy (non-hydrogen) atoms. The zero-order valence-electron chi connectivity index (χ0n) is 9.93. The highest BCUT2D eigenvalue weighted by Crippen LogP contribution is 2.17. The van der Waals surface area contributed by atoms with E-state index in [1.165, 1.54) is 5.56 Å². The molecule has 0 spiro atoms. The number of amides is 1. The van der Waals surface area contributed by atoms with E-state index in [9.17, 15) is 9.90 Å². The van der Waals surface area contributed by atoms with Crippen LogP contribution >= 0.6 is 11.3 Å². The van der Waals surface area contributed by atoms with Crippen molar-refractivity contribution in [3.8, 4) is 0 Å². The molecule has 1 N–H and O–H groups in total. The van der Waals surface area contributed by atoms with Crippen molar-refractivity contribution in [2.24, 2.45) is 0 Å². The van der Waals surface area contributed by atoms with Crippen LogP contribution in [0.1, 0.15) is 23.3 Å². The van der Waals surface area contributed by atoms with Crippen LogP contribution in [0.4, 0.5) is 0 Å². The lowest BCUT2D eigenvalue weighted by Gasteiger charge is -2.29. The van der Waals surface area contributed by atoms with Crippen LogP contribution in [0.15, 0.2) is 17.5 Å². The molecule has 0 bridgehead atoms. The third-order valence-corrected chi connectivity index (χ3v) is 3.97. The lowest BCUT2D eigenvalue weighted by molar-refractivity contribution is -0.128.